The maximum atomic E-state index is 13.6. The number of aromatic nitrogens is 1. The summed E-state index contributed by atoms with van der Waals surface area (Å²) in [4.78, 5) is 12.3. The van der Waals surface area contributed by atoms with Crippen molar-refractivity contribution >= 4 is 5.91 Å². The van der Waals surface area contributed by atoms with Crippen LogP contribution in [0, 0.1) is 19.7 Å². The lowest BCUT2D eigenvalue weighted by atomic mass is 10.1. The molecular formula is C18H23FN2O2. The topological polar surface area (TPSA) is 54.3 Å². The van der Waals surface area contributed by atoms with Crippen LogP contribution in [0.3, 0.4) is 0 Å². The van der Waals surface area contributed by atoms with Gasteiger partial charge in [-0.2, -0.15) is 0 Å². The molecule has 1 heterocycles. The third kappa shape index (κ3) is 3.62. The first kappa shape index (κ1) is 17.2. The number of aliphatic hydroxyl groups excluding tert-OH is 1. The van der Waals surface area contributed by atoms with Crippen molar-refractivity contribution in [3.8, 4) is 0 Å². The molecule has 2 rings (SSSR count). The maximum absolute atomic E-state index is 13.6. The fourth-order valence-electron chi connectivity index (χ4n) is 2.94. The van der Waals surface area contributed by atoms with E-state index in [0.29, 0.717) is 5.56 Å². The first-order valence-electron chi connectivity index (χ1n) is 7.72. The molecule has 0 fully saturated rings. The van der Waals surface area contributed by atoms with Crippen LogP contribution in [0.15, 0.2) is 30.3 Å². The minimum atomic E-state index is -1.08. The molecule has 0 radical (unpaired) electrons. The molecule has 0 saturated heterocycles. The van der Waals surface area contributed by atoms with Crippen molar-refractivity contribution in [3.63, 3.8) is 0 Å². The number of hydrogen-bond acceptors (Lipinski definition) is 2. The Hall–Kier alpha value is -2.14. The smallest absolute Gasteiger partial charge is 0.253 e. The van der Waals surface area contributed by atoms with Gasteiger partial charge >= 0.3 is 0 Å². The zero-order chi connectivity index (χ0) is 17.1. The van der Waals surface area contributed by atoms with E-state index in [1.807, 2.05) is 19.9 Å². The second kappa shape index (κ2) is 6.96. The van der Waals surface area contributed by atoms with E-state index in [9.17, 15) is 14.3 Å². The number of benzene rings is 1. The molecular weight excluding hydrogens is 295 g/mol. The number of nitrogens with one attached hydrogen (secondary N) is 1. The summed E-state index contributed by atoms with van der Waals surface area (Å²) in [6.45, 7) is 7.94. The van der Waals surface area contributed by atoms with Gasteiger partial charge in [0, 0.05) is 29.5 Å². The molecule has 0 spiro atoms. The number of aliphatic hydroxyl groups is 1. The minimum Gasteiger partial charge on any atom is -0.386 e. The van der Waals surface area contributed by atoms with Crippen molar-refractivity contribution in [1.29, 1.82) is 0 Å². The first-order valence-corrected chi connectivity index (χ1v) is 7.72. The Morgan fingerprint density at radius 3 is 2.52 bits per heavy atom. The summed E-state index contributed by atoms with van der Waals surface area (Å²) >= 11 is 0. The monoisotopic (exact) mass is 318 g/mol. The first-order chi connectivity index (χ1) is 10.8. The van der Waals surface area contributed by atoms with Crippen LogP contribution in [-0.4, -0.2) is 22.1 Å². The largest absolute Gasteiger partial charge is 0.386 e. The fourth-order valence-corrected chi connectivity index (χ4v) is 2.94. The molecule has 1 aromatic heterocycles. The van der Waals surface area contributed by atoms with Gasteiger partial charge < -0.3 is 15.0 Å². The number of nitrogens with zero attached hydrogens (tertiary/aromatic N) is 1. The molecule has 2 aromatic rings. The lowest BCUT2D eigenvalue weighted by Gasteiger charge is -2.15. The lowest BCUT2D eigenvalue weighted by Crippen LogP contribution is -2.29. The van der Waals surface area contributed by atoms with E-state index in [2.05, 4.69) is 23.7 Å². The quantitative estimate of drug-likeness (QED) is 0.889. The second-order valence-corrected chi connectivity index (χ2v) is 6.00. The van der Waals surface area contributed by atoms with Gasteiger partial charge in [0.2, 0.25) is 0 Å². The van der Waals surface area contributed by atoms with Gasteiger partial charge in [-0.15, -0.1) is 0 Å². The van der Waals surface area contributed by atoms with Gasteiger partial charge in [-0.25, -0.2) is 4.39 Å². The zero-order valence-corrected chi connectivity index (χ0v) is 13.9. The normalized spacial score (nSPS) is 12.5. The number of rotatable bonds is 5. The standard InChI is InChI=1S/C18H23FN2O2/c1-11(2)21-12(3)9-15(13(21)4)18(23)20-10-17(22)14-7-5-6-8-16(14)19/h5-9,11,17,22H,10H2,1-4H3,(H,20,23). The van der Waals surface area contributed by atoms with Crippen LogP contribution in [0.5, 0.6) is 0 Å². The summed E-state index contributed by atoms with van der Waals surface area (Å²) < 4.78 is 15.7. The summed E-state index contributed by atoms with van der Waals surface area (Å²) in [5.74, 6) is -0.743. The highest BCUT2D eigenvalue weighted by Crippen LogP contribution is 2.20. The number of carbonyl (C=O) groups excluding carboxylic acids is 1. The van der Waals surface area contributed by atoms with E-state index >= 15 is 0 Å². The fraction of sp³-hybridized carbons (Fsp3) is 0.389. The number of carbonyl (C=O) groups is 1. The van der Waals surface area contributed by atoms with Crippen molar-refractivity contribution in [2.45, 2.75) is 39.8 Å². The van der Waals surface area contributed by atoms with Crippen molar-refractivity contribution in [1.82, 2.24) is 9.88 Å². The molecule has 2 N–H and O–H groups in total. The van der Waals surface area contributed by atoms with Crippen LogP contribution in [0.1, 0.15) is 53.3 Å². The molecule has 1 aromatic carbocycles. The van der Waals surface area contributed by atoms with Gasteiger partial charge in [0.05, 0.1) is 11.7 Å². The van der Waals surface area contributed by atoms with Crippen LogP contribution in [-0.2, 0) is 0 Å². The molecule has 4 nitrogen and oxygen atoms in total. The number of amides is 1. The van der Waals surface area contributed by atoms with E-state index < -0.39 is 11.9 Å². The third-order valence-corrected chi connectivity index (χ3v) is 3.97. The highest BCUT2D eigenvalue weighted by molar-refractivity contribution is 5.95. The molecule has 0 aliphatic rings. The predicted octanol–water partition coefficient (Wildman–Crippen LogP) is 3.29. The minimum absolute atomic E-state index is 0.0366. The molecule has 124 valence electrons. The Morgan fingerprint density at radius 1 is 1.30 bits per heavy atom. The number of halogens is 1. The Labute approximate surface area is 135 Å². The Morgan fingerprint density at radius 2 is 1.96 bits per heavy atom. The van der Waals surface area contributed by atoms with Crippen LogP contribution in [0.25, 0.3) is 0 Å². The van der Waals surface area contributed by atoms with Gasteiger partial charge in [-0.1, -0.05) is 18.2 Å². The summed E-state index contributed by atoms with van der Waals surface area (Å²) in [5, 5.41) is 12.7. The summed E-state index contributed by atoms with van der Waals surface area (Å²) in [5.41, 5.74) is 2.66. The number of hydrogen-bond donors (Lipinski definition) is 2. The zero-order valence-electron chi connectivity index (χ0n) is 13.9. The van der Waals surface area contributed by atoms with Crippen LogP contribution in [0.4, 0.5) is 4.39 Å². The van der Waals surface area contributed by atoms with Crippen LogP contribution < -0.4 is 5.32 Å². The average Bonchev–Trinajstić information content (AvgIpc) is 2.80. The second-order valence-electron chi connectivity index (χ2n) is 6.00. The SMILES string of the molecule is Cc1cc(C(=O)NCC(O)c2ccccc2F)c(C)n1C(C)C. The molecule has 0 aliphatic carbocycles. The molecule has 1 unspecified atom stereocenters. The van der Waals surface area contributed by atoms with Crippen molar-refractivity contribution in [3.05, 3.63) is 58.7 Å². The van der Waals surface area contributed by atoms with Crippen LogP contribution in [0.2, 0.25) is 0 Å². The predicted molar refractivity (Wildman–Crippen MR) is 88.0 cm³/mol. The van der Waals surface area contributed by atoms with E-state index in [-0.39, 0.29) is 24.1 Å². The lowest BCUT2D eigenvalue weighted by molar-refractivity contribution is 0.0913. The van der Waals surface area contributed by atoms with Gasteiger partial charge in [0.1, 0.15) is 5.82 Å². The summed E-state index contributed by atoms with van der Waals surface area (Å²) in [7, 11) is 0. The Bertz CT molecular complexity index is 707. The van der Waals surface area contributed by atoms with Crippen LogP contribution >= 0.6 is 0 Å². The van der Waals surface area contributed by atoms with E-state index in [1.165, 1.54) is 12.1 Å². The van der Waals surface area contributed by atoms with Gasteiger partial charge in [-0.3, -0.25) is 4.79 Å². The summed E-state index contributed by atoms with van der Waals surface area (Å²) in [6, 6.07) is 8.11. The van der Waals surface area contributed by atoms with Crippen molar-refractivity contribution < 1.29 is 14.3 Å². The third-order valence-electron chi connectivity index (χ3n) is 3.97. The van der Waals surface area contributed by atoms with E-state index in [1.54, 1.807) is 12.1 Å². The highest BCUT2D eigenvalue weighted by atomic mass is 19.1. The Balaban J connectivity index is 2.09. The van der Waals surface area contributed by atoms with Gasteiger partial charge in [0.25, 0.3) is 5.91 Å². The Kier molecular flexibility index (Phi) is 5.21. The van der Waals surface area contributed by atoms with Gasteiger partial charge in [0.15, 0.2) is 0 Å². The van der Waals surface area contributed by atoms with Crippen molar-refractivity contribution in [2.24, 2.45) is 0 Å². The van der Waals surface area contributed by atoms with Crippen molar-refractivity contribution in [2.75, 3.05) is 6.54 Å². The molecule has 1 amide bonds. The molecule has 0 bridgehead atoms. The van der Waals surface area contributed by atoms with E-state index in [4.69, 9.17) is 0 Å². The molecule has 1 atom stereocenters. The molecule has 23 heavy (non-hydrogen) atoms. The average molecular weight is 318 g/mol. The van der Waals surface area contributed by atoms with Gasteiger partial charge in [-0.05, 0) is 39.8 Å². The molecule has 0 aliphatic heterocycles. The highest BCUT2D eigenvalue weighted by Gasteiger charge is 2.19. The maximum Gasteiger partial charge on any atom is 0.253 e. The number of aryl methyl sites for hydroxylation is 1. The molecule has 5 heteroatoms. The summed E-state index contributed by atoms with van der Waals surface area (Å²) in [6.07, 6.45) is -1.08. The van der Waals surface area contributed by atoms with E-state index in [0.717, 1.165) is 11.4 Å². The molecule has 0 saturated carbocycles.